The Bertz CT molecular complexity index is 1690. The van der Waals surface area contributed by atoms with Crippen molar-refractivity contribution >= 4 is 22.7 Å². The average Bonchev–Trinajstić information content (AvgIpc) is 3.28. The van der Waals surface area contributed by atoms with Crippen molar-refractivity contribution in [2.75, 3.05) is 11.1 Å². The van der Waals surface area contributed by atoms with Crippen LogP contribution in [-0.4, -0.2) is 33.9 Å². The molecule has 0 fully saturated rings. The third kappa shape index (κ3) is 4.96. The van der Waals surface area contributed by atoms with Crippen LogP contribution in [0.3, 0.4) is 0 Å². The van der Waals surface area contributed by atoms with Crippen LogP contribution in [0.5, 0.6) is 0 Å². The van der Waals surface area contributed by atoms with E-state index in [1.165, 1.54) is 30.2 Å². The second-order valence-electron chi connectivity index (χ2n) is 9.01. The molecule has 11 heteroatoms. The highest BCUT2D eigenvalue weighted by molar-refractivity contribution is 5.85. The van der Waals surface area contributed by atoms with Crippen LogP contribution in [0.2, 0.25) is 0 Å². The summed E-state index contributed by atoms with van der Waals surface area (Å²) in [6, 6.07) is 11.2. The molecule has 0 unspecified atom stereocenters. The molecule has 0 spiro atoms. The van der Waals surface area contributed by atoms with Gasteiger partial charge in [0.15, 0.2) is 5.65 Å². The van der Waals surface area contributed by atoms with Crippen molar-refractivity contribution in [1.82, 2.24) is 33.9 Å². The summed E-state index contributed by atoms with van der Waals surface area (Å²) < 4.78 is 4.43. The van der Waals surface area contributed by atoms with Gasteiger partial charge in [-0.2, -0.15) is 5.10 Å². The number of hydrogen-bond donors (Lipinski definition) is 2. The molecule has 0 bridgehead atoms. The number of anilines is 2. The first-order valence-electron chi connectivity index (χ1n) is 11.8. The lowest BCUT2D eigenvalue weighted by atomic mass is 10.1. The fraction of sp³-hybridized carbons (Fsp3) is 0.231. The van der Waals surface area contributed by atoms with Gasteiger partial charge in [0.05, 0.1) is 18.5 Å². The van der Waals surface area contributed by atoms with Gasteiger partial charge in [-0.15, -0.1) is 0 Å². The van der Waals surface area contributed by atoms with Crippen LogP contribution in [0, 0.1) is 13.8 Å². The number of aromatic nitrogens is 7. The zero-order chi connectivity index (χ0) is 26.1. The Morgan fingerprint density at radius 3 is 2.46 bits per heavy atom. The maximum atomic E-state index is 12.3. The molecule has 0 aliphatic heterocycles. The Hall–Kier alpha value is -4.80. The Morgan fingerprint density at radius 1 is 1.00 bits per heavy atom. The van der Waals surface area contributed by atoms with Gasteiger partial charge >= 0.3 is 5.69 Å². The molecule has 0 saturated carbocycles. The normalized spacial score (nSPS) is 11.2. The van der Waals surface area contributed by atoms with Gasteiger partial charge < -0.3 is 11.1 Å². The average molecular weight is 498 g/mol. The summed E-state index contributed by atoms with van der Waals surface area (Å²) in [6.07, 6.45) is 4.95. The fourth-order valence-corrected chi connectivity index (χ4v) is 4.30. The number of nitrogens with one attached hydrogen (secondary N) is 1. The first-order chi connectivity index (χ1) is 17.8. The molecule has 3 N–H and O–H groups in total. The summed E-state index contributed by atoms with van der Waals surface area (Å²) in [4.78, 5) is 37.0. The van der Waals surface area contributed by atoms with Crippen LogP contribution in [0.4, 0.5) is 11.6 Å². The number of hydrogen-bond acceptors (Lipinski definition) is 8. The van der Waals surface area contributed by atoms with E-state index in [1.54, 1.807) is 0 Å². The predicted octanol–water partition coefficient (Wildman–Crippen LogP) is 1.99. The van der Waals surface area contributed by atoms with Crippen LogP contribution in [0.25, 0.3) is 11.0 Å². The monoisotopic (exact) mass is 497 g/mol. The lowest BCUT2D eigenvalue weighted by Crippen LogP contribution is -2.37. The molecular formula is C26H27N9O2. The predicted molar refractivity (Wildman–Crippen MR) is 141 cm³/mol. The van der Waals surface area contributed by atoms with E-state index in [9.17, 15) is 9.59 Å². The number of nitrogen functional groups attached to an aromatic ring is 1. The molecule has 0 atom stereocenters. The van der Waals surface area contributed by atoms with Crippen LogP contribution in [0.1, 0.15) is 27.9 Å². The molecule has 0 saturated heterocycles. The van der Waals surface area contributed by atoms with Crippen molar-refractivity contribution in [3.8, 4) is 0 Å². The van der Waals surface area contributed by atoms with Crippen molar-refractivity contribution in [3.05, 3.63) is 104 Å². The summed E-state index contributed by atoms with van der Waals surface area (Å²) in [5.74, 6) is 1.21. The van der Waals surface area contributed by atoms with Crippen molar-refractivity contribution in [2.24, 2.45) is 7.05 Å². The summed E-state index contributed by atoms with van der Waals surface area (Å²) in [7, 11) is 1.47. The zero-order valence-corrected chi connectivity index (χ0v) is 20.8. The quantitative estimate of drug-likeness (QED) is 0.348. The molecule has 1 aromatic carbocycles. The second kappa shape index (κ2) is 9.69. The van der Waals surface area contributed by atoms with Gasteiger partial charge in [-0.1, -0.05) is 24.3 Å². The van der Waals surface area contributed by atoms with Crippen molar-refractivity contribution in [1.29, 1.82) is 0 Å². The number of benzene rings is 1. The first kappa shape index (κ1) is 23.9. The smallest absolute Gasteiger partial charge is 0.331 e. The highest BCUT2D eigenvalue weighted by Gasteiger charge is 2.11. The Morgan fingerprint density at radius 2 is 1.73 bits per heavy atom. The topological polar surface area (TPSA) is 139 Å². The van der Waals surface area contributed by atoms with Crippen molar-refractivity contribution < 1.29 is 0 Å². The molecule has 4 aromatic heterocycles. The van der Waals surface area contributed by atoms with Crippen LogP contribution in [-0.2, 0) is 26.7 Å². The van der Waals surface area contributed by atoms with E-state index in [4.69, 9.17) is 5.73 Å². The van der Waals surface area contributed by atoms with Crippen molar-refractivity contribution in [3.63, 3.8) is 0 Å². The summed E-state index contributed by atoms with van der Waals surface area (Å²) in [5, 5.41) is 8.83. The van der Waals surface area contributed by atoms with Gasteiger partial charge in [0.2, 0.25) is 0 Å². The first-order valence-corrected chi connectivity index (χ1v) is 11.8. The Labute approximate surface area is 212 Å². The van der Waals surface area contributed by atoms with E-state index in [0.29, 0.717) is 36.9 Å². The van der Waals surface area contributed by atoms with E-state index in [2.05, 4.69) is 25.4 Å². The Balaban J connectivity index is 1.31. The number of pyridine rings is 1. The van der Waals surface area contributed by atoms with Gasteiger partial charge in [-0.3, -0.25) is 18.6 Å². The summed E-state index contributed by atoms with van der Waals surface area (Å²) >= 11 is 0. The molecule has 4 heterocycles. The number of aryl methyl sites for hydroxylation is 2. The lowest BCUT2D eigenvalue weighted by Gasteiger charge is -2.12. The van der Waals surface area contributed by atoms with Gasteiger partial charge in [0.1, 0.15) is 18.0 Å². The SMILES string of the molecule is Cc1cc(N)nc(C)c1CNc1ncnc2nn(Cc3ccc(Cn4ccc(=O)n(C)c4=O)cc3)cc12. The minimum Gasteiger partial charge on any atom is -0.384 e. The minimum atomic E-state index is -0.344. The van der Waals surface area contributed by atoms with E-state index in [0.717, 1.165) is 37.9 Å². The minimum absolute atomic E-state index is 0.321. The van der Waals surface area contributed by atoms with E-state index in [1.807, 2.05) is 55.1 Å². The van der Waals surface area contributed by atoms with Crippen LogP contribution < -0.4 is 22.3 Å². The number of nitrogens with two attached hydrogens (primary N) is 1. The standard InChI is InChI=1S/C26H27N9O2/c1-16-10-22(27)31-17(2)20(16)11-28-24-21-14-35(32-25(21)30-15-29-24)13-19-6-4-18(5-7-19)12-34-9-8-23(36)33(3)26(34)37/h4-10,14-15H,11-13H2,1-3H3,(H2,27,31)(H,28,29,30,32). The Kier molecular flexibility index (Phi) is 6.26. The lowest BCUT2D eigenvalue weighted by molar-refractivity contribution is 0.645. The largest absolute Gasteiger partial charge is 0.384 e. The van der Waals surface area contributed by atoms with Crippen LogP contribution in [0.15, 0.2) is 64.7 Å². The molecule has 0 amide bonds. The maximum absolute atomic E-state index is 12.3. The molecule has 11 nitrogen and oxygen atoms in total. The van der Waals surface area contributed by atoms with Crippen molar-refractivity contribution in [2.45, 2.75) is 33.5 Å². The van der Waals surface area contributed by atoms with Gasteiger partial charge in [0, 0.05) is 37.7 Å². The number of rotatable bonds is 7. The van der Waals surface area contributed by atoms with Gasteiger partial charge in [-0.05, 0) is 42.2 Å². The molecule has 37 heavy (non-hydrogen) atoms. The molecule has 188 valence electrons. The number of fused-ring (bicyclic) bond motifs is 1. The molecule has 0 aliphatic rings. The molecule has 5 rings (SSSR count). The molecule has 0 radical (unpaired) electrons. The third-order valence-electron chi connectivity index (χ3n) is 6.35. The molecule has 5 aromatic rings. The highest BCUT2D eigenvalue weighted by atomic mass is 16.2. The third-order valence-corrected chi connectivity index (χ3v) is 6.35. The van der Waals surface area contributed by atoms with Gasteiger partial charge in [-0.25, -0.2) is 19.7 Å². The van der Waals surface area contributed by atoms with Gasteiger partial charge in [0.25, 0.3) is 5.56 Å². The second-order valence-corrected chi connectivity index (χ2v) is 9.01. The maximum Gasteiger partial charge on any atom is 0.331 e. The summed E-state index contributed by atoms with van der Waals surface area (Å²) in [6.45, 7) is 5.45. The molecule has 0 aliphatic carbocycles. The van der Waals surface area contributed by atoms with E-state index in [-0.39, 0.29) is 11.2 Å². The van der Waals surface area contributed by atoms with Crippen LogP contribution >= 0.6 is 0 Å². The zero-order valence-electron chi connectivity index (χ0n) is 20.8. The number of nitrogens with zero attached hydrogens (tertiary/aromatic N) is 7. The van der Waals surface area contributed by atoms with E-state index < -0.39 is 0 Å². The molecular weight excluding hydrogens is 470 g/mol. The summed E-state index contributed by atoms with van der Waals surface area (Å²) in [5.41, 5.74) is 10.8. The highest BCUT2D eigenvalue weighted by Crippen LogP contribution is 2.21. The fourth-order valence-electron chi connectivity index (χ4n) is 4.30. The van der Waals surface area contributed by atoms with E-state index >= 15 is 0 Å².